The van der Waals surface area contributed by atoms with Crippen LogP contribution in [-0.2, 0) is 6.54 Å². The molecule has 0 amide bonds. The first-order valence-electron chi connectivity index (χ1n) is 6.89. The summed E-state index contributed by atoms with van der Waals surface area (Å²) in [5.41, 5.74) is 1.96. The molecule has 0 aliphatic rings. The fraction of sp³-hybridized carbons (Fsp3) is 0.467. The van der Waals surface area contributed by atoms with Gasteiger partial charge in [0.05, 0.1) is 11.9 Å². The number of benzene rings is 1. The minimum Gasteiger partial charge on any atom is -0.386 e. The number of hydrogen-bond acceptors (Lipinski definition) is 3. The first kappa shape index (κ1) is 13.7. The van der Waals surface area contributed by atoms with E-state index < -0.39 is 6.10 Å². The van der Waals surface area contributed by atoms with E-state index in [0.29, 0.717) is 0 Å². The van der Waals surface area contributed by atoms with Crippen molar-refractivity contribution in [1.29, 1.82) is 0 Å². The molecule has 0 saturated heterocycles. The molecule has 0 spiro atoms. The third-order valence-electron chi connectivity index (χ3n) is 3.43. The molecule has 0 fully saturated rings. The third kappa shape index (κ3) is 3.01. The Morgan fingerprint density at radius 1 is 1.21 bits per heavy atom. The van der Waals surface area contributed by atoms with Crippen molar-refractivity contribution in [1.82, 2.24) is 15.0 Å². The second-order valence-electron chi connectivity index (χ2n) is 4.75. The van der Waals surface area contributed by atoms with Crippen LogP contribution in [0.15, 0.2) is 36.5 Å². The molecule has 2 rings (SSSR count). The smallest absolute Gasteiger partial charge is 0.104 e. The molecule has 0 radical (unpaired) electrons. The number of hydrogen-bond donors (Lipinski definition) is 1. The van der Waals surface area contributed by atoms with E-state index in [9.17, 15) is 5.11 Å². The molecule has 1 aromatic carbocycles. The zero-order valence-corrected chi connectivity index (χ0v) is 11.5. The van der Waals surface area contributed by atoms with Gasteiger partial charge in [0.25, 0.3) is 0 Å². The van der Waals surface area contributed by atoms with Gasteiger partial charge in [-0.3, -0.25) is 0 Å². The summed E-state index contributed by atoms with van der Waals surface area (Å²) in [6, 6.07) is 10.1. The lowest BCUT2D eigenvalue weighted by Crippen LogP contribution is -2.15. The monoisotopic (exact) mass is 259 g/mol. The van der Waals surface area contributed by atoms with E-state index >= 15 is 0 Å². The topological polar surface area (TPSA) is 50.9 Å². The molecule has 0 saturated carbocycles. The van der Waals surface area contributed by atoms with Crippen molar-refractivity contribution in [3.05, 3.63) is 47.8 Å². The highest BCUT2D eigenvalue weighted by atomic mass is 16.3. The van der Waals surface area contributed by atoms with E-state index in [0.717, 1.165) is 30.6 Å². The van der Waals surface area contributed by atoms with E-state index in [1.165, 1.54) is 0 Å². The van der Waals surface area contributed by atoms with E-state index in [-0.39, 0.29) is 5.92 Å². The molecule has 0 aliphatic heterocycles. The van der Waals surface area contributed by atoms with Gasteiger partial charge in [0, 0.05) is 12.5 Å². The van der Waals surface area contributed by atoms with Crippen LogP contribution in [0.1, 0.15) is 50.0 Å². The number of aryl methyl sites for hydroxylation is 1. The molecule has 4 heteroatoms. The van der Waals surface area contributed by atoms with E-state index in [1.54, 1.807) is 10.9 Å². The van der Waals surface area contributed by atoms with Gasteiger partial charge in [0.15, 0.2) is 0 Å². The van der Waals surface area contributed by atoms with E-state index in [1.807, 2.05) is 18.2 Å². The van der Waals surface area contributed by atoms with Gasteiger partial charge in [0.2, 0.25) is 0 Å². The van der Waals surface area contributed by atoms with Crippen molar-refractivity contribution in [2.75, 3.05) is 0 Å². The Kier molecular flexibility index (Phi) is 4.68. The van der Waals surface area contributed by atoms with Crippen LogP contribution in [0.25, 0.3) is 0 Å². The van der Waals surface area contributed by atoms with Crippen molar-refractivity contribution in [3.8, 4) is 0 Å². The first-order valence-corrected chi connectivity index (χ1v) is 6.89. The number of aromatic nitrogens is 3. The zero-order valence-electron chi connectivity index (χ0n) is 11.5. The summed E-state index contributed by atoms with van der Waals surface area (Å²) < 4.78 is 1.80. The third-order valence-corrected chi connectivity index (χ3v) is 3.43. The Bertz CT molecular complexity index is 495. The average molecular weight is 259 g/mol. The molecule has 102 valence electrons. The Morgan fingerprint density at radius 3 is 2.58 bits per heavy atom. The Hall–Kier alpha value is -1.68. The van der Waals surface area contributed by atoms with Crippen molar-refractivity contribution < 1.29 is 5.11 Å². The second-order valence-corrected chi connectivity index (χ2v) is 4.75. The highest BCUT2D eigenvalue weighted by Gasteiger charge is 2.24. The molecule has 0 bridgehead atoms. The molecule has 1 heterocycles. The lowest BCUT2D eigenvalue weighted by Gasteiger charge is -2.22. The maximum atomic E-state index is 10.6. The van der Waals surface area contributed by atoms with Crippen LogP contribution >= 0.6 is 0 Å². The second kappa shape index (κ2) is 6.48. The van der Waals surface area contributed by atoms with Crippen molar-refractivity contribution in [2.45, 2.75) is 45.3 Å². The van der Waals surface area contributed by atoms with Crippen LogP contribution in [0.3, 0.4) is 0 Å². The molecule has 2 aromatic rings. The summed E-state index contributed by atoms with van der Waals surface area (Å²) in [6.07, 6.45) is 2.97. The molecular formula is C15H21N3O. The molecular weight excluding hydrogens is 238 g/mol. The van der Waals surface area contributed by atoms with Crippen LogP contribution < -0.4 is 0 Å². The molecule has 0 aliphatic carbocycles. The zero-order chi connectivity index (χ0) is 13.7. The maximum absolute atomic E-state index is 10.6. The number of rotatable bonds is 6. The lowest BCUT2D eigenvalue weighted by molar-refractivity contribution is 0.132. The van der Waals surface area contributed by atoms with Gasteiger partial charge in [-0.05, 0) is 18.4 Å². The average Bonchev–Trinajstić information content (AvgIpc) is 2.89. The lowest BCUT2D eigenvalue weighted by atomic mass is 9.89. The molecule has 2 unspecified atom stereocenters. The van der Waals surface area contributed by atoms with Crippen molar-refractivity contribution in [3.63, 3.8) is 0 Å². The summed E-state index contributed by atoms with van der Waals surface area (Å²) in [6.45, 7) is 4.97. The van der Waals surface area contributed by atoms with Gasteiger partial charge < -0.3 is 5.11 Å². The fourth-order valence-corrected chi connectivity index (χ4v) is 2.43. The Balaban J connectivity index is 2.25. The molecule has 1 N–H and O–H groups in total. The highest BCUT2D eigenvalue weighted by molar-refractivity contribution is 5.22. The molecule has 4 nitrogen and oxygen atoms in total. The largest absolute Gasteiger partial charge is 0.386 e. The van der Waals surface area contributed by atoms with Crippen LogP contribution in [0, 0.1) is 0 Å². The van der Waals surface area contributed by atoms with Crippen LogP contribution in [-0.4, -0.2) is 20.1 Å². The van der Waals surface area contributed by atoms with Crippen LogP contribution in [0.2, 0.25) is 0 Å². The minimum atomic E-state index is -0.561. The predicted molar refractivity (Wildman–Crippen MR) is 74.7 cm³/mol. The minimum absolute atomic E-state index is 0.0790. The number of nitrogens with zero attached hydrogens (tertiary/aromatic N) is 3. The van der Waals surface area contributed by atoms with Crippen LogP contribution in [0.5, 0.6) is 0 Å². The van der Waals surface area contributed by atoms with Crippen molar-refractivity contribution in [2.24, 2.45) is 0 Å². The predicted octanol–water partition coefficient (Wildman–Crippen LogP) is 2.92. The van der Waals surface area contributed by atoms with Gasteiger partial charge in [-0.15, -0.1) is 5.10 Å². The van der Waals surface area contributed by atoms with Crippen molar-refractivity contribution >= 4 is 0 Å². The Morgan fingerprint density at radius 2 is 1.95 bits per heavy atom. The number of aliphatic hydroxyl groups excluding tert-OH is 1. The van der Waals surface area contributed by atoms with Crippen LogP contribution in [0.4, 0.5) is 0 Å². The number of aliphatic hydroxyl groups is 1. The van der Waals surface area contributed by atoms with E-state index in [2.05, 4.69) is 36.3 Å². The van der Waals surface area contributed by atoms with Gasteiger partial charge in [0.1, 0.15) is 6.10 Å². The molecule has 2 atom stereocenters. The van der Waals surface area contributed by atoms with E-state index in [4.69, 9.17) is 0 Å². The fourth-order valence-electron chi connectivity index (χ4n) is 2.43. The molecule has 19 heavy (non-hydrogen) atoms. The first-order chi connectivity index (χ1) is 9.27. The van der Waals surface area contributed by atoms with Gasteiger partial charge in [-0.2, -0.15) is 0 Å². The van der Waals surface area contributed by atoms with Gasteiger partial charge in [-0.25, -0.2) is 4.68 Å². The normalized spacial score (nSPS) is 14.3. The summed E-state index contributed by atoms with van der Waals surface area (Å²) in [5, 5.41) is 18.6. The quantitative estimate of drug-likeness (QED) is 0.867. The van der Waals surface area contributed by atoms with Gasteiger partial charge >= 0.3 is 0 Å². The maximum Gasteiger partial charge on any atom is 0.104 e. The summed E-state index contributed by atoms with van der Waals surface area (Å²) in [5.74, 6) is 0.0790. The highest BCUT2D eigenvalue weighted by Crippen LogP contribution is 2.33. The SMILES string of the molecule is CCCn1nncc1C(O)C(CC)c1ccccc1. The summed E-state index contributed by atoms with van der Waals surface area (Å²) >= 11 is 0. The summed E-state index contributed by atoms with van der Waals surface area (Å²) in [7, 11) is 0. The molecule has 1 aromatic heterocycles. The Labute approximate surface area is 114 Å². The standard InChI is InChI=1S/C15H21N3O/c1-3-10-18-14(11-16-17-18)15(19)13(4-2)12-8-6-5-7-9-12/h5-9,11,13,15,19H,3-4,10H2,1-2H3. The van der Waals surface area contributed by atoms with Gasteiger partial charge in [-0.1, -0.05) is 49.4 Å². The summed E-state index contributed by atoms with van der Waals surface area (Å²) in [4.78, 5) is 0.